The number of benzene rings is 2. The van der Waals surface area contributed by atoms with Gasteiger partial charge in [0, 0.05) is 56.1 Å². The highest BCUT2D eigenvalue weighted by Crippen LogP contribution is 2.30. The Hall–Kier alpha value is -4.05. The van der Waals surface area contributed by atoms with Crippen molar-refractivity contribution in [1.29, 1.82) is 0 Å². The van der Waals surface area contributed by atoms with Gasteiger partial charge < -0.3 is 15.0 Å². The number of aryl methyl sites for hydroxylation is 1. The third-order valence-electron chi connectivity index (χ3n) is 6.59. The van der Waals surface area contributed by atoms with E-state index in [-0.39, 0.29) is 29.6 Å². The minimum atomic E-state index is -0.359. The SMILES string of the molecule is COc1cc(C(=O)N[C@@H]2CCN(C(=O)c3cc(Cl)c4nccnc4c3)C[C@@H]2c2ccc(F)cc2)n(C)n1. The third-order valence-corrected chi connectivity index (χ3v) is 6.88. The van der Waals surface area contributed by atoms with Gasteiger partial charge in [0.15, 0.2) is 0 Å². The summed E-state index contributed by atoms with van der Waals surface area (Å²) in [5.41, 5.74) is 2.62. The van der Waals surface area contributed by atoms with Crippen molar-refractivity contribution in [2.24, 2.45) is 7.05 Å². The first-order valence-electron chi connectivity index (χ1n) is 11.7. The van der Waals surface area contributed by atoms with E-state index in [4.69, 9.17) is 16.3 Å². The van der Waals surface area contributed by atoms with Crippen LogP contribution in [0, 0.1) is 5.82 Å². The van der Waals surface area contributed by atoms with Crippen molar-refractivity contribution in [2.45, 2.75) is 18.4 Å². The van der Waals surface area contributed by atoms with Crippen LogP contribution < -0.4 is 10.1 Å². The average Bonchev–Trinajstić information content (AvgIpc) is 3.30. The van der Waals surface area contributed by atoms with Crippen LogP contribution >= 0.6 is 11.6 Å². The van der Waals surface area contributed by atoms with Gasteiger partial charge in [0.2, 0.25) is 5.88 Å². The second-order valence-corrected chi connectivity index (χ2v) is 9.26. The van der Waals surface area contributed by atoms with Crippen molar-refractivity contribution in [2.75, 3.05) is 20.2 Å². The lowest BCUT2D eigenvalue weighted by molar-refractivity contribution is 0.0671. The van der Waals surface area contributed by atoms with Crippen LogP contribution in [0.3, 0.4) is 0 Å². The molecule has 0 aliphatic carbocycles. The number of carbonyl (C=O) groups excluding carboxylic acids is 2. The monoisotopic (exact) mass is 522 g/mol. The highest BCUT2D eigenvalue weighted by atomic mass is 35.5. The first-order valence-corrected chi connectivity index (χ1v) is 12.1. The Labute approximate surface area is 217 Å². The number of ether oxygens (including phenoxy) is 1. The summed E-state index contributed by atoms with van der Waals surface area (Å²) >= 11 is 6.38. The normalized spacial score (nSPS) is 17.6. The molecule has 0 spiro atoms. The van der Waals surface area contributed by atoms with Gasteiger partial charge in [-0.1, -0.05) is 23.7 Å². The molecule has 11 heteroatoms. The number of nitrogens with one attached hydrogen (secondary N) is 1. The molecule has 1 N–H and O–H groups in total. The van der Waals surface area contributed by atoms with Crippen LogP contribution in [0.25, 0.3) is 11.0 Å². The van der Waals surface area contributed by atoms with Gasteiger partial charge >= 0.3 is 0 Å². The fourth-order valence-electron chi connectivity index (χ4n) is 4.69. The molecule has 0 radical (unpaired) electrons. The van der Waals surface area contributed by atoms with E-state index in [1.807, 2.05) is 0 Å². The van der Waals surface area contributed by atoms with Crippen molar-refractivity contribution in [3.05, 3.63) is 82.5 Å². The van der Waals surface area contributed by atoms with Crippen LogP contribution in [0.5, 0.6) is 5.88 Å². The first kappa shape index (κ1) is 24.6. The van der Waals surface area contributed by atoms with Crippen molar-refractivity contribution in [3.63, 3.8) is 0 Å². The van der Waals surface area contributed by atoms with E-state index in [2.05, 4.69) is 20.4 Å². The van der Waals surface area contributed by atoms with E-state index >= 15 is 0 Å². The highest BCUT2D eigenvalue weighted by Gasteiger charge is 2.35. The quantitative estimate of drug-likeness (QED) is 0.430. The lowest BCUT2D eigenvalue weighted by atomic mass is 9.85. The van der Waals surface area contributed by atoms with Gasteiger partial charge in [-0.25, -0.2) is 4.39 Å². The fourth-order valence-corrected chi connectivity index (χ4v) is 4.95. The number of aromatic nitrogens is 4. The number of likely N-dealkylation sites (tertiary alicyclic amines) is 1. The van der Waals surface area contributed by atoms with Gasteiger partial charge in [-0.05, 0) is 36.2 Å². The van der Waals surface area contributed by atoms with Gasteiger partial charge in [-0.15, -0.1) is 5.10 Å². The zero-order valence-electron chi connectivity index (χ0n) is 20.2. The number of amides is 2. The number of fused-ring (bicyclic) bond motifs is 1. The van der Waals surface area contributed by atoms with Gasteiger partial charge in [0.25, 0.3) is 11.8 Å². The number of piperidine rings is 1. The highest BCUT2D eigenvalue weighted by molar-refractivity contribution is 6.35. The summed E-state index contributed by atoms with van der Waals surface area (Å²) < 4.78 is 20.3. The zero-order valence-corrected chi connectivity index (χ0v) is 20.9. The summed E-state index contributed by atoms with van der Waals surface area (Å²) in [6.45, 7) is 0.729. The van der Waals surface area contributed by atoms with E-state index < -0.39 is 0 Å². The van der Waals surface area contributed by atoms with Crippen LogP contribution in [-0.4, -0.2) is 62.7 Å². The van der Waals surface area contributed by atoms with Crippen molar-refractivity contribution in [1.82, 2.24) is 30.0 Å². The van der Waals surface area contributed by atoms with E-state index in [9.17, 15) is 14.0 Å². The molecule has 9 nitrogen and oxygen atoms in total. The van der Waals surface area contributed by atoms with Gasteiger partial charge in [-0.2, -0.15) is 0 Å². The Balaban J connectivity index is 1.41. The lowest BCUT2D eigenvalue weighted by Gasteiger charge is -2.39. The fraction of sp³-hybridized carbons (Fsp3) is 0.269. The summed E-state index contributed by atoms with van der Waals surface area (Å²) in [6, 6.07) is 10.7. The van der Waals surface area contributed by atoms with Crippen molar-refractivity contribution < 1.29 is 18.7 Å². The number of nitrogens with zero attached hydrogens (tertiary/aromatic N) is 5. The summed E-state index contributed by atoms with van der Waals surface area (Å²) in [5.74, 6) is -0.810. The molecular formula is C26H24ClFN6O3. The maximum atomic E-state index is 13.7. The molecular weight excluding hydrogens is 499 g/mol. The Morgan fingerprint density at radius 3 is 2.62 bits per heavy atom. The number of hydrogen-bond donors (Lipinski definition) is 1. The largest absolute Gasteiger partial charge is 0.480 e. The maximum absolute atomic E-state index is 13.7. The molecule has 1 fully saturated rings. The Kier molecular flexibility index (Phi) is 6.75. The lowest BCUT2D eigenvalue weighted by Crippen LogP contribution is -2.51. The van der Waals surface area contributed by atoms with Gasteiger partial charge in [0.1, 0.15) is 17.0 Å². The first-order chi connectivity index (χ1) is 17.8. The number of carbonyl (C=O) groups is 2. The minimum Gasteiger partial charge on any atom is -0.480 e. The van der Waals surface area contributed by atoms with E-state index in [1.165, 1.54) is 23.9 Å². The average molecular weight is 523 g/mol. The molecule has 1 saturated heterocycles. The van der Waals surface area contributed by atoms with E-state index in [0.717, 1.165) is 5.56 Å². The molecule has 4 aromatic rings. The maximum Gasteiger partial charge on any atom is 0.269 e. The second-order valence-electron chi connectivity index (χ2n) is 8.86. The molecule has 1 aliphatic rings. The van der Waals surface area contributed by atoms with Crippen LogP contribution in [0.15, 0.2) is 54.9 Å². The van der Waals surface area contributed by atoms with Gasteiger partial charge in [0.05, 0.1) is 17.6 Å². The van der Waals surface area contributed by atoms with Crippen molar-refractivity contribution >= 4 is 34.4 Å². The molecule has 2 amide bonds. The summed E-state index contributed by atoms with van der Waals surface area (Å²) in [7, 11) is 3.14. The Bertz CT molecular complexity index is 1480. The molecule has 0 saturated carbocycles. The molecule has 37 heavy (non-hydrogen) atoms. The molecule has 3 heterocycles. The Morgan fingerprint density at radius 2 is 1.89 bits per heavy atom. The summed E-state index contributed by atoms with van der Waals surface area (Å²) in [6.07, 6.45) is 3.59. The Morgan fingerprint density at radius 1 is 1.14 bits per heavy atom. The molecule has 1 aliphatic heterocycles. The topological polar surface area (TPSA) is 102 Å². The van der Waals surface area contributed by atoms with Crippen LogP contribution in [0.2, 0.25) is 5.02 Å². The molecule has 2 atom stereocenters. The minimum absolute atomic E-state index is 0.206. The standard InChI is InChI=1S/C26H24ClFN6O3/c1-33-22(13-23(32-33)37-2)25(35)31-20-7-10-34(14-18(20)15-3-5-17(28)6-4-15)26(36)16-11-19(27)24-21(12-16)29-8-9-30-24/h3-6,8-9,11-13,18,20H,7,10,14H2,1-2H3,(H,31,35)/t18-,20-/m1/s1. The van der Waals surface area contributed by atoms with Gasteiger partial charge in [-0.3, -0.25) is 24.2 Å². The number of rotatable bonds is 5. The second kappa shape index (κ2) is 10.1. The predicted octanol–water partition coefficient (Wildman–Crippen LogP) is 3.59. The molecule has 0 bridgehead atoms. The summed E-state index contributed by atoms with van der Waals surface area (Å²) in [5, 5.41) is 7.57. The molecule has 5 rings (SSSR count). The molecule has 2 aromatic carbocycles. The molecule has 0 unspecified atom stereocenters. The number of halogens is 2. The van der Waals surface area contributed by atoms with Crippen LogP contribution in [-0.2, 0) is 7.05 Å². The molecule has 2 aromatic heterocycles. The van der Waals surface area contributed by atoms with Crippen LogP contribution in [0.1, 0.15) is 38.7 Å². The van der Waals surface area contributed by atoms with E-state index in [0.29, 0.717) is 52.7 Å². The summed E-state index contributed by atoms with van der Waals surface area (Å²) in [4.78, 5) is 36.8. The molecule has 190 valence electrons. The smallest absolute Gasteiger partial charge is 0.269 e. The number of hydrogen-bond acceptors (Lipinski definition) is 6. The van der Waals surface area contributed by atoms with E-state index in [1.54, 1.807) is 54.7 Å². The number of methoxy groups -OCH3 is 1. The van der Waals surface area contributed by atoms with Crippen molar-refractivity contribution in [3.8, 4) is 5.88 Å². The predicted molar refractivity (Wildman–Crippen MR) is 135 cm³/mol. The van der Waals surface area contributed by atoms with Crippen LogP contribution in [0.4, 0.5) is 4.39 Å². The third kappa shape index (κ3) is 4.97. The zero-order chi connectivity index (χ0) is 26.1.